The highest BCUT2D eigenvalue weighted by Crippen LogP contribution is 2.51. The van der Waals surface area contributed by atoms with Gasteiger partial charge in [0.25, 0.3) is 0 Å². The van der Waals surface area contributed by atoms with Crippen LogP contribution in [0, 0.1) is 0 Å². The fourth-order valence-electron chi connectivity index (χ4n) is 2.46. The molecule has 0 saturated carbocycles. The maximum Gasteiger partial charge on any atom is 0.530 e. The smallest absolute Gasteiger partial charge is 0.478 e. The van der Waals surface area contributed by atoms with Crippen molar-refractivity contribution in [3.8, 4) is 0 Å². The number of carbonyl (C=O) groups is 2. The van der Waals surface area contributed by atoms with E-state index in [1.807, 2.05) is 0 Å². The van der Waals surface area contributed by atoms with Gasteiger partial charge in [-0.1, -0.05) is 18.2 Å². The number of benzene rings is 1. The maximum atomic E-state index is 13.2. The number of phosphoric acid groups is 1. The van der Waals surface area contributed by atoms with Crippen LogP contribution < -0.4 is 0 Å². The summed E-state index contributed by atoms with van der Waals surface area (Å²) in [6.45, 7) is 15.1. The first-order chi connectivity index (χ1) is 16.3. The summed E-state index contributed by atoms with van der Waals surface area (Å²) >= 11 is 0. The molecule has 36 heavy (non-hydrogen) atoms. The van der Waals surface area contributed by atoms with E-state index >= 15 is 0 Å². The number of carboxylic acid groups (broad SMARTS) is 1. The molecule has 0 radical (unpaired) electrons. The lowest BCUT2D eigenvalue weighted by molar-refractivity contribution is -0.338. The molecule has 0 saturated heterocycles. The van der Waals surface area contributed by atoms with Crippen molar-refractivity contribution >= 4 is 19.8 Å². The van der Waals surface area contributed by atoms with Gasteiger partial charge in [-0.3, -0.25) is 14.2 Å². The molecular weight excluding hydrogens is 493 g/mol. The molecule has 1 aromatic rings. The topological polar surface area (TPSA) is 130 Å². The van der Waals surface area contributed by atoms with Crippen LogP contribution in [0.4, 0.5) is 0 Å². The van der Waals surface area contributed by atoms with Gasteiger partial charge in [-0.2, -0.15) is 0 Å². The van der Waals surface area contributed by atoms with E-state index in [1.165, 1.54) is 6.07 Å². The quantitative estimate of drug-likeness (QED) is 0.113. The molecular formula is C24H40NO10P. The summed E-state index contributed by atoms with van der Waals surface area (Å²) < 4.78 is 34.1. The zero-order valence-electron chi connectivity index (χ0n) is 22.7. The molecule has 1 N–H and O–H groups in total. The summed E-state index contributed by atoms with van der Waals surface area (Å²) in [4.78, 5) is 35.8. The van der Waals surface area contributed by atoms with E-state index in [0.29, 0.717) is 5.56 Å². The van der Waals surface area contributed by atoms with Gasteiger partial charge in [-0.05, 0) is 73.9 Å². The lowest BCUT2D eigenvalue weighted by Gasteiger charge is -2.27. The van der Waals surface area contributed by atoms with Gasteiger partial charge >= 0.3 is 19.8 Å². The second kappa shape index (κ2) is 13.1. The molecule has 0 bridgehead atoms. The molecule has 0 heterocycles. The van der Waals surface area contributed by atoms with Gasteiger partial charge in [-0.15, -0.1) is 9.35 Å². The average molecular weight is 534 g/mol. The van der Waals surface area contributed by atoms with Crippen molar-refractivity contribution in [2.45, 2.75) is 92.1 Å². The van der Waals surface area contributed by atoms with Crippen LogP contribution in [0.1, 0.15) is 84.7 Å². The molecule has 0 amide bonds. The summed E-state index contributed by atoms with van der Waals surface area (Å²) in [6.07, 6.45) is -0.0289. The highest BCUT2D eigenvalue weighted by Gasteiger charge is 2.35. The first kappa shape index (κ1) is 32.2. The first-order valence-corrected chi connectivity index (χ1v) is 13.0. The van der Waals surface area contributed by atoms with Gasteiger partial charge in [0.15, 0.2) is 0 Å². The van der Waals surface area contributed by atoms with Gasteiger partial charge in [0.05, 0.1) is 23.2 Å². The Hall–Kier alpha value is -1.85. The van der Waals surface area contributed by atoms with Crippen LogP contribution in [0.3, 0.4) is 0 Å². The molecule has 0 aromatic heterocycles. The summed E-state index contributed by atoms with van der Waals surface area (Å²) in [5, 5.41) is 9.53. The van der Waals surface area contributed by atoms with Crippen LogP contribution in [0.15, 0.2) is 24.3 Å². The van der Waals surface area contributed by atoms with Crippen LogP contribution in [0.25, 0.3) is 0 Å². The van der Waals surface area contributed by atoms with E-state index in [1.54, 1.807) is 85.4 Å². The van der Waals surface area contributed by atoms with Crippen LogP contribution in [-0.2, 0) is 44.3 Å². The Morgan fingerprint density at radius 1 is 0.889 bits per heavy atom. The summed E-state index contributed by atoms with van der Waals surface area (Å²) in [6, 6.07) is 6.41. The van der Waals surface area contributed by atoms with E-state index in [0.717, 1.165) is 0 Å². The fraction of sp³-hybridized carbons (Fsp3) is 0.667. The van der Waals surface area contributed by atoms with E-state index in [2.05, 4.69) is 0 Å². The third-order valence-corrected chi connectivity index (χ3v) is 4.80. The Balaban J connectivity index is 3.09. The number of hydrogen-bond acceptors (Lipinski definition) is 10. The minimum Gasteiger partial charge on any atom is -0.478 e. The molecule has 206 valence electrons. The van der Waals surface area contributed by atoms with Crippen molar-refractivity contribution in [3.05, 3.63) is 35.4 Å². The maximum absolute atomic E-state index is 13.2. The van der Waals surface area contributed by atoms with E-state index < -0.39 is 36.6 Å². The second-order valence-corrected chi connectivity index (χ2v) is 12.5. The molecule has 0 fully saturated rings. The van der Waals surface area contributed by atoms with Crippen LogP contribution in [0.5, 0.6) is 0 Å². The van der Waals surface area contributed by atoms with Crippen molar-refractivity contribution in [2.24, 2.45) is 0 Å². The number of nitrogens with zero attached hydrogens (tertiary/aromatic N) is 1. The van der Waals surface area contributed by atoms with Crippen LogP contribution in [-0.4, -0.2) is 52.0 Å². The van der Waals surface area contributed by atoms with E-state index in [4.69, 9.17) is 28.4 Å². The minimum atomic E-state index is -4.40. The van der Waals surface area contributed by atoms with Crippen molar-refractivity contribution in [1.29, 1.82) is 0 Å². The molecule has 0 atom stereocenters. The van der Waals surface area contributed by atoms with Crippen molar-refractivity contribution in [3.63, 3.8) is 0 Å². The zero-order valence-corrected chi connectivity index (χ0v) is 23.5. The van der Waals surface area contributed by atoms with Gasteiger partial charge in [0, 0.05) is 13.1 Å². The fourth-order valence-corrected chi connectivity index (χ4v) is 3.51. The number of ether oxygens (including phenoxy) is 1. The second-order valence-electron chi connectivity index (χ2n) is 11.1. The largest absolute Gasteiger partial charge is 0.530 e. The molecule has 0 unspecified atom stereocenters. The predicted molar refractivity (Wildman–Crippen MR) is 132 cm³/mol. The number of carboxylic acids is 1. The molecule has 11 nitrogen and oxygen atoms in total. The van der Waals surface area contributed by atoms with Crippen molar-refractivity contribution < 1.29 is 47.6 Å². The first-order valence-electron chi connectivity index (χ1n) is 11.5. The Bertz CT molecular complexity index is 893. The summed E-state index contributed by atoms with van der Waals surface area (Å²) in [5.74, 6) is -1.56. The van der Waals surface area contributed by atoms with Crippen molar-refractivity contribution in [2.75, 3.05) is 13.3 Å². The molecule has 0 aliphatic carbocycles. The monoisotopic (exact) mass is 533 g/mol. The third-order valence-electron chi connectivity index (χ3n) is 3.85. The average Bonchev–Trinajstić information content (AvgIpc) is 2.71. The van der Waals surface area contributed by atoms with E-state index in [9.17, 15) is 19.3 Å². The number of hydrogen-bond donors (Lipinski definition) is 1. The van der Waals surface area contributed by atoms with Crippen LogP contribution >= 0.6 is 7.82 Å². The lowest BCUT2D eigenvalue weighted by atomic mass is 10.1. The Morgan fingerprint density at radius 2 is 1.42 bits per heavy atom. The molecule has 0 spiro atoms. The number of rotatable bonds is 13. The number of carbonyl (C=O) groups excluding carboxylic acids is 1. The Labute approximate surface area is 213 Å². The van der Waals surface area contributed by atoms with E-state index in [-0.39, 0.29) is 31.8 Å². The number of aromatic carboxylic acids is 1. The van der Waals surface area contributed by atoms with Crippen molar-refractivity contribution in [1.82, 2.24) is 4.90 Å². The zero-order chi connectivity index (χ0) is 27.8. The predicted octanol–water partition coefficient (Wildman–Crippen LogP) is 5.49. The minimum absolute atomic E-state index is 0.0289. The van der Waals surface area contributed by atoms with Crippen LogP contribution in [0.2, 0.25) is 0 Å². The molecule has 0 aliphatic heterocycles. The highest BCUT2D eigenvalue weighted by molar-refractivity contribution is 7.48. The lowest BCUT2D eigenvalue weighted by Crippen LogP contribution is -2.32. The summed E-state index contributed by atoms with van der Waals surface area (Å²) in [5.41, 5.74) is -1.78. The number of esters is 1. The SMILES string of the molecule is CC(C)(C)OOP(=O)(OCN(CCC(=O)OC(C)(C)C)Cc1ccccc1C(=O)O)OOC(C)(C)C. The van der Waals surface area contributed by atoms with Gasteiger partial charge < -0.3 is 9.84 Å². The Kier molecular flexibility index (Phi) is 11.7. The third kappa shape index (κ3) is 14.0. The highest BCUT2D eigenvalue weighted by atomic mass is 31.2. The van der Waals surface area contributed by atoms with Gasteiger partial charge in [0.1, 0.15) is 12.3 Å². The molecule has 12 heteroatoms. The van der Waals surface area contributed by atoms with Gasteiger partial charge in [0.2, 0.25) is 0 Å². The molecule has 1 rings (SSSR count). The standard InChI is InChI=1S/C24H40NO10P/c1-22(2,3)31-20(26)14-15-25(16-18-12-10-11-13-19(18)21(27)28)17-30-36(29,34-32-23(4,5)6)35-33-24(7,8)9/h10-13H,14-17H2,1-9H3,(H,27,28). The molecule has 0 aliphatic rings. The summed E-state index contributed by atoms with van der Waals surface area (Å²) in [7, 11) is -4.40. The van der Waals surface area contributed by atoms with Gasteiger partial charge in [-0.25, -0.2) is 19.1 Å². The Morgan fingerprint density at radius 3 is 1.89 bits per heavy atom. The molecule has 1 aromatic carbocycles. The normalized spacial score (nSPS) is 13.2.